The standard InChI is InChI=1S/C12H16N2O5/c1-2-11(16)13-14-12(17)7-10(19-18)8-3-5-9(15)6-4-8/h3-6,10,15,18H,2,7H2,1H3,(H,13,16)(H,14,17). The Kier molecular flexibility index (Phi) is 5.77. The van der Waals surface area contributed by atoms with E-state index in [9.17, 15) is 9.59 Å². The van der Waals surface area contributed by atoms with Gasteiger partial charge in [0.05, 0.1) is 6.42 Å². The predicted octanol–water partition coefficient (Wildman–Crippen LogP) is 0.870. The van der Waals surface area contributed by atoms with Crippen molar-refractivity contribution < 1.29 is 24.8 Å². The van der Waals surface area contributed by atoms with Crippen molar-refractivity contribution in [2.45, 2.75) is 25.9 Å². The molecule has 0 fully saturated rings. The Morgan fingerprint density at radius 2 is 1.79 bits per heavy atom. The first kappa shape index (κ1) is 14.9. The van der Waals surface area contributed by atoms with Crippen LogP contribution < -0.4 is 10.9 Å². The fourth-order valence-electron chi connectivity index (χ4n) is 1.35. The molecule has 0 radical (unpaired) electrons. The second kappa shape index (κ2) is 7.34. The van der Waals surface area contributed by atoms with E-state index in [0.717, 1.165) is 0 Å². The molecule has 2 amide bonds. The van der Waals surface area contributed by atoms with Crippen LogP contribution >= 0.6 is 0 Å². The van der Waals surface area contributed by atoms with Crippen LogP contribution in [0.1, 0.15) is 31.4 Å². The lowest BCUT2D eigenvalue weighted by atomic mass is 10.1. The number of phenolic OH excluding ortho intramolecular Hbond substituents is 1. The SMILES string of the molecule is CCC(=O)NNC(=O)CC(OO)c1ccc(O)cc1. The van der Waals surface area contributed by atoms with Crippen molar-refractivity contribution in [3.8, 4) is 5.75 Å². The summed E-state index contributed by atoms with van der Waals surface area (Å²) in [4.78, 5) is 26.7. The predicted molar refractivity (Wildman–Crippen MR) is 65.8 cm³/mol. The third kappa shape index (κ3) is 4.94. The van der Waals surface area contributed by atoms with Gasteiger partial charge in [-0.05, 0) is 17.7 Å². The van der Waals surface area contributed by atoms with Crippen LogP contribution in [-0.4, -0.2) is 22.2 Å². The second-order valence-electron chi connectivity index (χ2n) is 3.84. The third-order valence-electron chi connectivity index (χ3n) is 2.43. The molecule has 0 aliphatic carbocycles. The van der Waals surface area contributed by atoms with Crippen molar-refractivity contribution in [1.82, 2.24) is 10.9 Å². The van der Waals surface area contributed by atoms with E-state index >= 15 is 0 Å². The molecule has 0 heterocycles. The van der Waals surface area contributed by atoms with Gasteiger partial charge in [-0.3, -0.25) is 25.7 Å². The largest absolute Gasteiger partial charge is 0.508 e. The van der Waals surface area contributed by atoms with Crippen molar-refractivity contribution in [1.29, 1.82) is 0 Å². The summed E-state index contributed by atoms with van der Waals surface area (Å²) in [6, 6.07) is 5.87. The highest BCUT2D eigenvalue weighted by molar-refractivity contribution is 5.82. The minimum absolute atomic E-state index is 0.0695. The first-order valence-electron chi connectivity index (χ1n) is 5.73. The van der Waals surface area contributed by atoms with Gasteiger partial charge in [0.1, 0.15) is 11.9 Å². The molecule has 4 N–H and O–H groups in total. The number of carbonyl (C=O) groups is 2. The second-order valence-corrected chi connectivity index (χ2v) is 3.84. The molecule has 7 heteroatoms. The number of carbonyl (C=O) groups excluding carboxylic acids is 2. The molecule has 1 unspecified atom stereocenters. The zero-order valence-corrected chi connectivity index (χ0v) is 10.4. The molecular formula is C12H16N2O5. The van der Waals surface area contributed by atoms with Gasteiger partial charge in [-0.15, -0.1) is 0 Å². The highest BCUT2D eigenvalue weighted by atomic mass is 17.1. The molecule has 0 bridgehead atoms. The molecule has 19 heavy (non-hydrogen) atoms. The van der Waals surface area contributed by atoms with Crippen molar-refractivity contribution in [2.75, 3.05) is 0 Å². The van der Waals surface area contributed by atoms with Crippen molar-refractivity contribution >= 4 is 11.8 Å². The number of benzene rings is 1. The zero-order chi connectivity index (χ0) is 14.3. The number of aromatic hydroxyl groups is 1. The molecule has 104 valence electrons. The molecule has 1 aromatic rings. The molecule has 0 aliphatic heterocycles. The first-order chi connectivity index (χ1) is 9.06. The van der Waals surface area contributed by atoms with E-state index < -0.39 is 12.0 Å². The zero-order valence-electron chi connectivity index (χ0n) is 10.4. The number of hydrazine groups is 1. The van der Waals surface area contributed by atoms with Gasteiger partial charge in [-0.1, -0.05) is 19.1 Å². The smallest absolute Gasteiger partial charge is 0.241 e. The van der Waals surface area contributed by atoms with Gasteiger partial charge in [0.2, 0.25) is 11.8 Å². The lowest BCUT2D eigenvalue weighted by Gasteiger charge is -2.14. The fourth-order valence-corrected chi connectivity index (χ4v) is 1.35. The minimum Gasteiger partial charge on any atom is -0.508 e. The van der Waals surface area contributed by atoms with E-state index in [0.29, 0.717) is 5.56 Å². The average Bonchev–Trinajstić information content (AvgIpc) is 2.43. The van der Waals surface area contributed by atoms with Gasteiger partial charge in [-0.25, -0.2) is 4.89 Å². The van der Waals surface area contributed by atoms with Crippen molar-refractivity contribution in [3.05, 3.63) is 29.8 Å². The van der Waals surface area contributed by atoms with Gasteiger partial charge in [-0.2, -0.15) is 0 Å². The molecule has 0 aliphatic rings. The highest BCUT2D eigenvalue weighted by Gasteiger charge is 2.17. The van der Waals surface area contributed by atoms with Gasteiger partial charge < -0.3 is 5.11 Å². The number of nitrogens with one attached hydrogen (secondary N) is 2. The topological polar surface area (TPSA) is 108 Å². The lowest BCUT2D eigenvalue weighted by molar-refractivity contribution is -0.281. The van der Waals surface area contributed by atoms with Gasteiger partial charge in [0.25, 0.3) is 0 Å². The monoisotopic (exact) mass is 268 g/mol. The molecular weight excluding hydrogens is 252 g/mol. The molecule has 0 aromatic heterocycles. The molecule has 7 nitrogen and oxygen atoms in total. The first-order valence-corrected chi connectivity index (χ1v) is 5.73. The highest BCUT2D eigenvalue weighted by Crippen LogP contribution is 2.22. The summed E-state index contributed by atoms with van der Waals surface area (Å²) in [6.45, 7) is 1.65. The maximum absolute atomic E-state index is 11.5. The number of hydrogen-bond acceptors (Lipinski definition) is 5. The van der Waals surface area contributed by atoms with Crippen LogP contribution in [0, 0.1) is 0 Å². The number of amides is 2. The molecule has 1 rings (SSSR count). The van der Waals surface area contributed by atoms with Crippen LogP contribution in [0.4, 0.5) is 0 Å². The van der Waals surface area contributed by atoms with E-state index in [1.807, 2.05) is 0 Å². The normalized spacial score (nSPS) is 11.7. The Labute approximate surface area is 110 Å². The Morgan fingerprint density at radius 1 is 1.21 bits per heavy atom. The van der Waals surface area contributed by atoms with Crippen LogP contribution in [0.25, 0.3) is 0 Å². The summed E-state index contributed by atoms with van der Waals surface area (Å²) in [5.74, 6) is -0.756. The Morgan fingerprint density at radius 3 is 2.32 bits per heavy atom. The summed E-state index contributed by atoms with van der Waals surface area (Å²) in [7, 11) is 0. The van der Waals surface area contributed by atoms with Crippen LogP contribution in [0.2, 0.25) is 0 Å². The fraction of sp³-hybridized carbons (Fsp3) is 0.333. The summed E-state index contributed by atoms with van der Waals surface area (Å²) >= 11 is 0. The molecule has 0 spiro atoms. The molecule has 0 saturated carbocycles. The summed E-state index contributed by atoms with van der Waals surface area (Å²) in [5.41, 5.74) is 4.93. The van der Waals surface area contributed by atoms with Crippen LogP contribution in [0.5, 0.6) is 5.75 Å². The van der Waals surface area contributed by atoms with E-state index in [-0.39, 0.29) is 24.5 Å². The number of phenols is 1. The number of rotatable bonds is 5. The van der Waals surface area contributed by atoms with Gasteiger partial charge in [0.15, 0.2) is 0 Å². The van der Waals surface area contributed by atoms with Crippen LogP contribution in [-0.2, 0) is 14.5 Å². The van der Waals surface area contributed by atoms with Crippen LogP contribution in [0.15, 0.2) is 24.3 Å². The van der Waals surface area contributed by atoms with Crippen LogP contribution in [0.3, 0.4) is 0 Å². The van der Waals surface area contributed by atoms with Gasteiger partial charge in [0, 0.05) is 6.42 Å². The van der Waals surface area contributed by atoms with Crippen molar-refractivity contribution in [2.24, 2.45) is 0 Å². The molecule has 1 aromatic carbocycles. The van der Waals surface area contributed by atoms with Gasteiger partial charge >= 0.3 is 0 Å². The summed E-state index contributed by atoms with van der Waals surface area (Å²) in [6.07, 6.45) is -0.803. The van der Waals surface area contributed by atoms with E-state index in [2.05, 4.69) is 15.7 Å². The maximum atomic E-state index is 11.5. The summed E-state index contributed by atoms with van der Waals surface area (Å²) < 4.78 is 0. The Bertz CT molecular complexity index is 432. The van der Waals surface area contributed by atoms with E-state index in [1.54, 1.807) is 6.92 Å². The quantitative estimate of drug-likeness (QED) is 0.468. The molecule has 1 atom stereocenters. The Hall–Kier alpha value is -2.12. The molecule has 0 saturated heterocycles. The summed E-state index contributed by atoms with van der Waals surface area (Å²) in [5, 5.41) is 17.9. The Balaban J connectivity index is 2.54. The van der Waals surface area contributed by atoms with Crippen molar-refractivity contribution in [3.63, 3.8) is 0 Å². The number of hydrogen-bond donors (Lipinski definition) is 4. The van der Waals surface area contributed by atoms with E-state index in [4.69, 9.17) is 10.4 Å². The van der Waals surface area contributed by atoms with E-state index in [1.165, 1.54) is 24.3 Å². The third-order valence-corrected chi connectivity index (χ3v) is 2.43. The minimum atomic E-state index is -0.876. The lowest BCUT2D eigenvalue weighted by Crippen LogP contribution is -2.41. The average molecular weight is 268 g/mol. The maximum Gasteiger partial charge on any atom is 0.241 e.